The third kappa shape index (κ3) is 15.8. The largest absolute Gasteiger partial charge is 0.477 e. The topological polar surface area (TPSA) is 648 Å². The van der Waals surface area contributed by atoms with Crippen LogP contribution in [0.25, 0.3) is 0 Å². The number of ether oxygens (including phenoxy) is 11. The van der Waals surface area contributed by atoms with Gasteiger partial charge < -0.3 is 175 Å². The molecule has 6 aliphatic heterocycles. The quantitative estimate of drug-likeness (QED) is 0.0404. The molecule has 0 aliphatic carbocycles. The number of carboxylic acid groups (broad SMARTS) is 2. The number of rotatable bonds is 25. The minimum Gasteiger partial charge on any atom is -0.477 e. The van der Waals surface area contributed by atoms with Gasteiger partial charge in [-0.05, 0) is 0 Å². The lowest BCUT2D eigenvalue weighted by Crippen LogP contribution is -2.72. The Hall–Kier alpha value is -3.85. The summed E-state index contributed by atoms with van der Waals surface area (Å²) in [7, 11) is 0. The number of nitrogens with one attached hydrogen (secondary N) is 3. The van der Waals surface area contributed by atoms with Gasteiger partial charge in [0, 0.05) is 33.6 Å². The maximum Gasteiger partial charge on any atom is 0.364 e. The zero-order valence-electron chi connectivity index (χ0n) is 46.9. The number of hydrogen-bond acceptors (Lipinski definition) is 35. The molecule has 40 heteroatoms. The van der Waals surface area contributed by atoms with Crippen molar-refractivity contribution in [3.63, 3.8) is 0 Å². The summed E-state index contributed by atoms with van der Waals surface area (Å²) in [6.45, 7) is -4.65. The summed E-state index contributed by atoms with van der Waals surface area (Å²) >= 11 is 0. The second kappa shape index (κ2) is 30.7. The minimum atomic E-state index is -3.50. The van der Waals surface area contributed by atoms with Crippen molar-refractivity contribution < 1.29 is 183 Å². The first-order valence-corrected chi connectivity index (χ1v) is 27.4. The fourth-order valence-corrected chi connectivity index (χ4v) is 11.0. The molecule has 6 fully saturated rings. The van der Waals surface area contributed by atoms with E-state index in [-0.39, 0.29) is 0 Å². The van der Waals surface area contributed by atoms with Crippen molar-refractivity contribution in [2.75, 3.05) is 39.6 Å². The van der Waals surface area contributed by atoms with E-state index in [4.69, 9.17) is 52.1 Å². The molecule has 0 spiro atoms. The first-order valence-electron chi connectivity index (χ1n) is 27.4. The van der Waals surface area contributed by atoms with Crippen LogP contribution in [0.3, 0.4) is 0 Å². The van der Waals surface area contributed by atoms with Crippen LogP contribution in [-0.4, -0.2) is 372 Å². The van der Waals surface area contributed by atoms with E-state index in [2.05, 4.69) is 16.0 Å². The van der Waals surface area contributed by atoms with Crippen molar-refractivity contribution >= 4 is 29.7 Å². The van der Waals surface area contributed by atoms with Crippen molar-refractivity contribution in [1.29, 1.82) is 0 Å². The SMILES string of the molecule is CC(=O)N[C@H]1[C@H](O[C@@H]2[C@H](O[C@]3(C(=O)O)C[C@H](O)[C@@H](NC(C)=O)[C@H]([C@H](O)[C@H](O)CO)O3)[C@@H](O)[C@H](O[C@H]3[C@H](O)[C@@H](O)[C@H](O)O[C@@H]3CO)O[C@@H]2CO)O[C@H](CO[C@]2(C(=O)O)C[C@H](O)[C@@H](NC(C)=O)[C@H]([C@H](O)[C@H](O)CO)O2)[C@H](O)[C@@H]1O[C@@H]1O[C@H](CO)[C@H](O)[C@H](O)[C@H]1O. The molecule has 0 aromatic carbocycles. The standard InChI is InChI=1S/C48H79N3O37/c1-12(57)49-23-15(60)4-47(45(74)75,86-38(23)26(64)17(62)6-52)78-11-22-29(67)37(85-43-33(71)30(68)28(66)19(8-54)80-43)25(51-14(3)59)42(82-22)84-36-21(10-56)81-44(83-35-20(9-55)79-41(73)32(70)31(35)69)34(72)40(36)88-48(46(76)77)5-16(61)24(50-13(2)58)39(87-48)27(65)18(63)7-53/h15-44,52-56,60-73H,4-11H2,1-3H3,(H,49,57)(H,50,58)(H,51,59)(H,74,75)(H,76,77)/t15-,16-,17+,18+,19+,20+,21+,22+,23+,24+,25+,26+,27+,28-,29-,30-,31+,32+,33+,34+,35+,36-,37+,38+,39+,40+,41+,42-,43-,44-,47+,48-/m0/s1. The maximum atomic E-state index is 13.7. The second-order valence-electron chi connectivity index (χ2n) is 21.9. The Morgan fingerprint density at radius 1 is 0.466 bits per heavy atom. The molecule has 0 unspecified atom stereocenters. The van der Waals surface area contributed by atoms with E-state index in [1.807, 2.05) is 0 Å². The third-order valence-electron chi connectivity index (χ3n) is 15.6. The minimum absolute atomic E-state index is 0.852. The van der Waals surface area contributed by atoms with Crippen molar-refractivity contribution in [3.05, 3.63) is 0 Å². The molecule has 0 aromatic heterocycles. The van der Waals surface area contributed by atoms with E-state index < -0.39 is 277 Å². The summed E-state index contributed by atoms with van der Waals surface area (Å²) in [6, 6.07) is -5.73. The zero-order valence-corrected chi connectivity index (χ0v) is 46.9. The molecule has 508 valence electrons. The first kappa shape index (κ1) is 73.2. The molecular formula is C48H79N3O37. The molecule has 6 rings (SSSR count). The lowest BCUT2D eigenvalue weighted by Gasteiger charge is -2.53. The van der Waals surface area contributed by atoms with Gasteiger partial charge in [-0.15, -0.1) is 0 Å². The van der Waals surface area contributed by atoms with E-state index in [1.54, 1.807) is 0 Å². The number of carboxylic acids is 2. The smallest absolute Gasteiger partial charge is 0.364 e. The third-order valence-corrected chi connectivity index (χ3v) is 15.6. The van der Waals surface area contributed by atoms with Gasteiger partial charge in [-0.3, -0.25) is 14.4 Å². The summed E-state index contributed by atoms with van der Waals surface area (Å²) in [5.41, 5.74) is 0. The Balaban J connectivity index is 1.50. The number of carbonyl (C=O) groups is 5. The maximum absolute atomic E-state index is 13.7. The van der Waals surface area contributed by atoms with Gasteiger partial charge in [0.15, 0.2) is 25.2 Å². The Morgan fingerprint density at radius 2 is 0.898 bits per heavy atom. The van der Waals surface area contributed by atoms with Crippen molar-refractivity contribution in [3.8, 4) is 0 Å². The Bertz CT molecular complexity index is 2320. The molecule has 24 N–H and O–H groups in total. The van der Waals surface area contributed by atoms with Crippen LogP contribution >= 0.6 is 0 Å². The predicted octanol–water partition coefficient (Wildman–Crippen LogP) is -15.3. The van der Waals surface area contributed by atoms with Crippen LogP contribution in [0.2, 0.25) is 0 Å². The number of aliphatic hydroxyl groups excluding tert-OH is 19. The number of aliphatic hydroxyl groups is 19. The average Bonchev–Trinajstić information content (AvgIpc) is 0.806. The van der Waals surface area contributed by atoms with Crippen LogP contribution in [0.1, 0.15) is 33.6 Å². The van der Waals surface area contributed by atoms with Gasteiger partial charge in [0.25, 0.3) is 11.6 Å². The summed E-state index contributed by atoms with van der Waals surface area (Å²) in [6.07, 6.45) is -63.1. The normalized spacial score (nSPS) is 44.6. The molecule has 0 bridgehead atoms. The van der Waals surface area contributed by atoms with Gasteiger partial charge in [-0.2, -0.15) is 0 Å². The van der Waals surface area contributed by atoms with Crippen molar-refractivity contribution in [1.82, 2.24) is 16.0 Å². The highest BCUT2D eigenvalue weighted by molar-refractivity contribution is 5.77. The number of hydrogen-bond donors (Lipinski definition) is 24. The zero-order chi connectivity index (χ0) is 65.8. The molecule has 0 aromatic rings. The second-order valence-corrected chi connectivity index (χ2v) is 21.9. The van der Waals surface area contributed by atoms with Crippen molar-refractivity contribution in [2.24, 2.45) is 0 Å². The predicted molar refractivity (Wildman–Crippen MR) is 268 cm³/mol. The molecule has 0 radical (unpaired) electrons. The van der Waals surface area contributed by atoms with Gasteiger partial charge >= 0.3 is 11.9 Å². The molecule has 3 amide bonds. The van der Waals surface area contributed by atoms with Gasteiger partial charge in [0.1, 0.15) is 134 Å². The van der Waals surface area contributed by atoms with Gasteiger partial charge in [0.2, 0.25) is 17.7 Å². The highest BCUT2D eigenvalue weighted by Crippen LogP contribution is 2.42. The number of carbonyl (C=O) groups excluding carboxylic acids is 3. The molecule has 6 saturated heterocycles. The lowest BCUT2D eigenvalue weighted by atomic mass is 9.88. The van der Waals surface area contributed by atoms with E-state index in [0.29, 0.717) is 0 Å². The Labute approximate surface area is 496 Å². The highest BCUT2D eigenvalue weighted by atomic mass is 16.8. The average molecular weight is 1290 g/mol. The van der Waals surface area contributed by atoms with Crippen molar-refractivity contribution in [2.45, 2.75) is 229 Å². The van der Waals surface area contributed by atoms with E-state index in [1.165, 1.54) is 0 Å². The molecule has 32 atom stereocenters. The van der Waals surface area contributed by atoms with Gasteiger partial charge in [-0.25, -0.2) is 9.59 Å². The Morgan fingerprint density at radius 3 is 1.39 bits per heavy atom. The van der Waals surface area contributed by atoms with Crippen LogP contribution in [0.15, 0.2) is 0 Å². The van der Waals surface area contributed by atoms with Crippen LogP contribution in [0.4, 0.5) is 0 Å². The molecular weight excluding hydrogens is 1210 g/mol. The molecule has 0 saturated carbocycles. The van der Waals surface area contributed by atoms with Crippen LogP contribution in [-0.2, 0) is 76.1 Å². The summed E-state index contributed by atoms with van der Waals surface area (Å²) in [4.78, 5) is 64.8. The summed E-state index contributed by atoms with van der Waals surface area (Å²) in [5, 5.41) is 234. The fraction of sp³-hybridized carbons (Fsp3) is 0.896. The number of amides is 3. The van der Waals surface area contributed by atoms with E-state index in [9.17, 15) is 131 Å². The van der Waals surface area contributed by atoms with E-state index in [0.717, 1.165) is 20.8 Å². The molecule has 6 heterocycles. The van der Waals surface area contributed by atoms with Crippen LogP contribution in [0.5, 0.6) is 0 Å². The monoisotopic (exact) mass is 1290 g/mol. The molecule has 40 nitrogen and oxygen atoms in total. The first-order chi connectivity index (χ1) is 41.2. The van der Waals surface area contributed by atoms with Gasteiger partial charge in [0.05, 0.1) is 63.9 Å². The fourth-order valence-electron chi connectivity index (χ4n) is 11.0. The lowest BCUT2D eigenvalue weighted by molar-refractivity contribution is -0.404. The Kier molecular flexibility index (Phi) is 25.6. The van der Waals surface area contributed by atoms with Crippen LogP contribution in [0, 0.1) is 0 Å². The van der Waals surface area contributed by atoms with Gasteiger partial charge in [-0.1, -0.05) is 0 Å². The molecule has 6 aliphatic rings. The highest BCUT2D eigenvalue weighted by Gasteiger charge is 2.63. The summed E-state index contributed by atoms with van der Waals surface area (Å²) in [5.74, 6) is -14.0. The number of aliphatic carboxylic acids is 2. The summed E-state index contributed by atoms with van der Waals surface area (Å²) < 4.78 is 64.1. The van der Waals surface area contributed by atoms with E-state index >= 15 is 0 Å². The van der Waals surface area contributed by atoms with Crippen LogP contribution < -0.4 is 16.0 Å². The molecule has 88 heavy (non-hydrogen) atoms.